The maximum absolute atomic E-state index is 9.30. The summed E-state index contributed by atoms with van der Waals surface area (Å²) in [7, 11) is 1.69. The van der Waals surface area contributed by atoms with Crippen molar-refractivity contribution < 1.29 is 9.84 Å². The molecule has 0 unspecified atom stereocenters. The van der Waals surface area contributed by atoms with Crippen LogP contribution in [0.2, 0.25) is 0 Å². The molecule has 1 heterocycles. The lowest BCUT2D eigenvalue weighted by Gasteiger charge is -2.29. The summed E-state index contributed by atoms with van der Waals surface area (Å²) in [5, 5.41) is 9.30. The van der Waals surface area contributed by atoms with Crippen LogP contribution in [-0.4, -0.2) is 31.5 Å². The van der Waals surface area contributed by atoms with Gasteiger partial charge < -0.3 is 14.7 Å². The molecule has 23 heavy (non-hydrogen) atoms. The van der Waals surface area contributed by atoms with Crippen LogP contribution in [-0.2, 0) is 0 Å². The summed E-state index contributed by atoms with van der Waals surface area (Å²) >= 11 is 0. The first-order valence-corrected chi connectivity index (χ1v) is 8.02. The van der Waals surface area contributed by atoms with Gasteiger partial charge in [0.1, 0.15) is 11.5 Å². The average molecular weight is 310 g/mol. The summed E-state index contributed by atoms with van der Waals surface area (Å²) in [4.78, 5) is 6.85. The summed E-state index contributed by atoms with van der Waals surface area (Å²) in [6.07, 6.45) is 5.63. The molecule has 0 bridgehead atoms. The molecule has 4 nitrogen and oxygen atoms in total. The normalized spacial score (nSPS) is 15.1. The molecule has 0 aliphatic carbocycles. The minimum atomic E-state index is 0.243. The quantitative estimate of drug-likeness (QED) is 0.863. The Hall–Kier alpha value is -2.49. The second-order valence-electron chi connectivity index (χ2n) is 5.75. The van der Waals surface area contributed by atoms with Crippen LogP contribution in [0.1, 0.15) is 24.8 Å². The van der Waals surface area contributed by atoms with Gasteiger partial charge in [-0.1, -0.05) is 0 Å². The van der Waals surface area contributed by atoms with Gasteiger partial charge in [-0.15, -0.1) is 0 Å². The van der Waals surface area contributed by atoms with Crippen LogP contribution < -0.4 is 9.64 Å². The molecule has 0 atom stereocenters. The highest BCUT2D eigenvalue weighted by molar-refractivity contribution is 5.86. The van der Waals surface area contributed by atoms with Crippen LogP contribution >= 0.6 is 0 Å². The largest absolute Gasteiger partial charge is 0.508 e. The van der Waals surface area contributed by atoms with Gasteiger partial charge >= 0.3 is 0 Å². The van der Waals surface area contributed by atoms with Gasteiger partial charge in [0.15, 0.2) is 0 Å². The van der Waals surface area contributed by atoms with E-state index >= 15 is 0 Å². The number of methoxy groups -OCH3 is 1. The minimum absolute atomic E-state index is 0.243. The van der Waals surface area contributed by atoms with Gasteiger partial charge in [-0.25, -0.2) is 0 Å². The predicted octanol–water partition coefficient (Wildman–Crippen LogP) is 4.14. The van der Waals surface area contributed by atoms with E-state index in [0.717, 1.165) is 30.1 Å². The minimum Gasteiger partial charge on any atom is -0.508 e. The van der Waals surface area contributed by atoms with E-state index in [9.17, 15) is 5.11 Å². The summed E-state index contributed by atoms with van der Waals surface area (Å²) in [5.41, 5.74) is 2.95. The van der Waals surface area contributed by atoms with Gasteiger partial charge in [-0.05, 0) is 55.7 Å². The Morgan fingerprint density at radius 2 is 1.78 bits per heavy atom. The van der Waals surface area contributed by atoms with Crippen LogP contribution in [0.15, 0.2) is 47.5 Å². The first-order valence-electron chi connectivity index (χ1n) is 8.02. The monoisotopic (exact) mass is 310 g/mol. The highest BCUT2D eigenvalue weighted by atomic mass is 16.5. The summed E-state index contributed by atoms with van der Waals surface area (Å²) in [6.45, 7) is 2.23. The van der Waals surface area contributed by atoms with Gasteiger partial charge in [0, 0.05) is 36.6 Å². The van der Waals surface area contributed by atoms with Crippen LogP contribution in [0, 0.1) is 0 Å². The Labute approximate surface area is 137 Å². The Balaban J connectivity index is 1.80. The number of nitrogens with zero attached hydrogens (tertiary/aromatic N) is 2. The fourth-order valence-corrected chi connectivity index (χ4v) is 2.84. The summed E-state index contributed by atoms with van der Waals surface area (Å²) < 4.78 is 5.53. The van der Waals surface area contributed by atoms with Gasteiger partial charge in [-0.2, -0.15) is 0 Å². The Morgan fingerprint density at radius 3 is 2.48 bits per heavy atom. The Bertz CT molecular complexity index is 674. The number of phenolic OH excluding ortho intramolecular Hbond substituents is 1. The molecule has 1 aliphatic rings. The number of anilines is 1. The zero-order chi connectivity index (χ0) is 16.1. The van der Waals surface area contributed by atoms with Crippen LogP contribution in [0.5, 0.6) is 11.5 Å². The van der Waals surface area contributed by atoms with Crippen molar-refractivity contribution in [3.05, 3.63) is 48.0 Å². The number of hydrogen-bond acceptors (Lipinski definition) is 4. The van der Waals surface area contributed by atoms with E-state index in [0.29, 0.717) is 0 Å². The van der Waals surface area contributed by atoms with Crippen LogP contribution in [0.3, 0.4) is 0 Å². The van der Waals surface area contributed by atoms with Gasteiger partial charge in [-0.3, -0.25) is 4.99 Å². The molecule has 2 aromatic carbocycles. The molecular weight excluding hydrogens is 288 g/mol. The smallest absolute Gasteiger partial charge is 0.129 e. The van der Waals surface area contributed by atoms with Crippen molar-refractivity contribution in [2.45, 2.75) is 19.3 Å². The van der Waals surface area contributed by atoms with Crippen molar-refractivity contribution >= 4 is 17.6 Å². The Morgan fingerprint density at radius 1 is 1.04 bits per heavy atom. The van der Waals surface area contributed by atoms with Gasteiger partial charge in [0.25, 0.3) is 0 Å². The topological polar surface area (TPSA) is 45.1 Å². The van der Waals surface area contributed by atoms with Gasteiger partial charge in [0.05, 0.1) is 12.8 Å². The maximum atomic E-state index is 9.30. The van der Waals surface area contributed by atoms with Crippen molar-refractivity contribution in [3.8, 4) is 11.5 Å². The third kappa shape index (κ3) is 3.83. The molecule has 1 N–H and O–H groups in total. The molecule has 0 amide bonds. The molecule has 0 aromatic heterocycles. The molecule has 0 spiro atoms. The van der Waals surface area contributed by atoms with E-state index in [-0.39, 0.29) is 5.75 Å². The molecule has 4 heteroatoms. The number of aliphatic imine (C=N–C) groups is 1. The first-order chi connectivity index (χ1) is 11.3. The van der Waals surface area contributed by atoms with Crippen LogP contribution in [0.4, 0.5) is 11.4 Å². The van der Waals surface area contributed by atoms with E-state index in [4.69, 9.17) is 4.74 Å². The van der Waals surface area contributed by atoms with E-state index < -0.39 is 0 Å². The molecule has 120 valence electrons. The number of benzene rings is 2. The van der Waals surface area contributed by atoms with E-state index in [1.807, 2.05) is 6.07 Å². The molecule has 0 radical (unpaired) electrons. The molecule has 0 saturated carbocycles. The summed E-state index contributed by atoms with van der Waals surface area (Å²) in [6, 6.07) is 13.1. The second-order valence-corrected chi connectivity index (χ2v) is 5.75. The van der Waals surface area contributed by atoms with Crippen LogP contribution in [0.25, 0.3) is 0 Å². The van der Waals surface area contributed by atoms with E-state index in [1.54, 1.807) is 37.6 Å². The third-order valence-electron chi connectivity index (χ3n) is 4.14. The summed E-state index contributed by atoms with van der Waals surface area (Å²) in [5.74, 6) is 1.07. The van der Waals surface area contributed by atoms with E-state index in [2.05, 4.69) is 22.0 Å². The lowest BCUT2D eigenvalue weighted by atomic mass is 10.1. The van der Waals surface area contributed by atoms with E-state index in [1.165, 1.54) is 24.9 Å². The zero-order valence-electron chi connectivity index (χ0n) is 13.4. The molecule has 1 fully saturated rings. The standard InChI is InChI=1S/C19H22N2O2/c1-23-19-13-17(21-11-3-2-4-12-21)8-5-15(19)14-20-16-6-9-18(22)10-7-16/h5-10,13-14,22H,2-4,11-12H2,1H3. The van der Waals surface area contributed by atoms with Crippen molar-refractivity contribution in [2.24, 2.45) is 4.99 Å². The van der Waals surface area contributed by atoms with Crippen molar-refractivity contribution in [1.82, 2.24) is 0 Å². The lowest BCUT2D eigenvalue weighted by molar-refractivity contribution is 0.414. The number of ether oxygens (including phenoxy) is 1. The predicted molar refractivity (Wildman–Crippen MR) is 94.4 cm³/mol. The van der Waals surface area contributed by atoms with Gasteiger partial charge in [0.2, 0.25) is 0 Å². The number of phenols is 1. The zero-order valence-corrected chi connectivity index (χ0v) is 13.4. The molecule has 1 aliphatic heterocycles. The van der Waals surface area contributed by atoms with Crippen molar-refractivity contribution in [1.29, 1.82) is 0 Å². The Kier molecular flexibility index (Phi) is 4.81. The number of piperidine rings is 1. The number of hydrogen-bond donors (Lipinski definition) is 1. The molecule has 1 saturated heterocycles. The highest BCUT2D eigenvalue weighted by Crippen LogP contribution is 2.27. The lowest BCUT2D eigenvalue weighted by Crippen LogP contribution is -2.29. The highest BCUT2D eigenvalue weighted by Gasteiger charge is 2.12. The molecular formula is C19H22N2O2. The first kappa shape index (κ1) is 15.4. The fraction of sp³-hybridized carbons (Fsp3) is 0.316. The average Bonchev–Trinajstić information content (AvgIpc) is 2.62. The SMILES string of the molecule is COc1cc(N2CCCCC2)ccc1C=Nc1ccc(O)cc1. The second kappa shape index (κ2) is 7.18. The molecule has 3 rings (SSSR count). The number of rotatable bonds is 4. The molecule has 2 aromatic rings. The maximum Gasteiger partial charge on any atom is 0.129 e. The van der Waals surface area contributed by atoms with Crippen molar-refractivity contribution in [3.63, 3.8) is 0 Å². The number of aromatic hydroxyl groups is 1. The fourth-order valence-electron chi connectivity index (χ4n) is 2.84. The van der Waals surface area contributed by atoms with Crippen molar-refractivity contribution in [2.75, 3.05) is 25.1 Å². The third-order valence-corrected chi connectivity index (χ3v) is 4.14.